The molecule has 0 heterocycles. The Morgan fingerprint density at radius 1 is 0.250 bits per heavy atom. The zero-order chi connectivity index (χ0) is 64.6. The number of benzene rings is 5. The zero-order valence-electron chi connectivity index (χ0n) is 60.0. The summed E-state index contributed by atoms with van der Waals surface area (Å²) < 4.78 is 0. The van der Waals surface area contributed by atoms with Crippen LogP contribution in [0.3, 0.4) is 0 Å². The van der Waals surface area contributed by atoms with Gasteiger partial charge in [-0.05, 0) is 37.8 Å². The Hall–Kier alpha value is -2.62. The first-order chi connectivity index (χ1) is 35.7. The number of rotatable bonds is 3. The summed E-state index contributed by atoms with van der Waals surface area (Å²) in [5.41, 5.74) is 4.38. The van der Waals surface area contributed by atoms with Crippen LogP contribution in [0.25, 0.3) is 22.9 Å². The van der Waals surface area contributed by atoms with Crippen LogP contribution in [0.4, 0.5) is 0 Å². The molecule has 0 aliphatic rings. The van der Waals surface area contributed by atoms with E-state index in [2.05, 4.69) is 199 Å². The summed E-state index contributed by atoms with van der Waals surface area (Å²) in [5.74, 6) is 0. The summed E-state index contributed by atoms with van der Waals surface area (Å²) in [5, 5.41) is 2.62. The quantitative estimate of drug-likeness (QED) is 0.125. The maximum absolute atomic E-state index is 5.19. The summed E-state index contributed by atoms with van der Waals surface area (Å²) in [6.45, 7) is 95.6. The summed E-state index contributed by atoms with van der Waals surface area (Å²) in [7, 11) is 0. The Morgan fingerprint density at radius 3 is 0.475 bits per heavy atom. The molecule has 0 amide bonds. The van der Waals surface area contributed by atoms with Crippen molar-refractivity contribution in [3.63, 3.8) is 0 Å². The van der Waals surface area contributed by atoms with Gasteiger partial charge in [0, 0.05) is 0 Å². The molecule has 0 aromatic heterocycles. The van der Waals surface area contributed by atoms with E-state index < -0.39 is 0 Å². The van der Waals surface area contributed by atoms with Gasteiger partial charge in [0.2, 0.25) is 0 Å². The van der Waals surface area contributed by atoms with Gasteiger partial charge in [-0.2, -0.15) is 24.3 Å². The van der Waals surface area contributed by atoms with Gasteiger partial charge >= 0.3 is 63.2 Å². The SMILES string of the molecule is CC.CC.CC.CC.CC.CC.CC.CC.CC(C)(C)C.CC(C)(C)C.CC(C)(C)C.CC(C)(C)C.CC(C)(C)C.[CH-]=CC=[CH-].[CH-]=Cc1[c-]cccc1.[CH-]=Cc1[c-]cccc1.[W+2].[W+2].[W+2].c1ccc2ccccc2c1.c1ccccc1. The maximum atomic E-state index is 5.19. The first kappa shape index (κ1) is 120. The van der Waals surface area contributed by atoms with Crippen LogP contribution in [0.5, 0.6) is 0 Å². The van der Waals surface area contributed by atoms with Crippen molar-refractivity contribution in [2.45, 2.75) is 249 Å². The Kier molecular flexibility index (Phi) is 143. The molecule has 80 heavy (non-hydrogen) atoms. The zero-order valence-corrected chi connectivity index (χ0v) is 68.8. The molecule has 464 valence electrons. The number of hydrogen-bond acceptors (Lipinski definition) is 0. The van der Waals surface area contributed by atoms with E-state index in [9.17, 15) is 0 Å². The third-order valence-electron chi connectivity index (χ3n) is 4.26. The minimum absolute atomic E-state index is 0. The van der Waals surface area contributed by atoms with E-state index in [1.165, 1.54) is 35.1 Å². The second-order valence-electron chi connectivity index (χ2n) is 21.9. The van der Waals surface area contributed by atoms with Crippen LogP contribution in [-0.4, -0.2) is 0 Å². The molecule has 5 aromatic carbocycles. The first-order valence-corrected chi connectivity index (χ1v) is 29.3. The molecule has 3 heteroatoms. The number of fused-ring (bicyclic) bond motifs is 1. The smallest absolute Gasteiger partial charge is 0.394 e. The van der Waals surface area contributed by atoms with Gasteiger partial charge in [-0.3, -0.25) is 0 Å². The second-order valence-corrected chi connectivity index (χ2v) is 21.9. The molecule has 5 aromatic rings. The van der Waals surface area contributed by atoms with Gasteiger partial charge in [-0.1, -0.05) is 334 Å². The number of hydrogen-bond donors (Lipinski definition) is 0. The molecular formula is C77H138W3. The van der Waals surface area contributed by atoms with Gasteiger partial charge in [0.15, 0.2) is 0 Å². The van der Waals surface area contributed by atoms with Crippen LogP contribution in [0.1, 0.15) is 260 Å². The molecule has 0 N–H and O–H groups in total. The van der Waals surface area contributed by atoms with Crippen molar-refractivity contribution in [1.82, 2.24) is 0 Å². The first-order valence-electron chi connectivity index (χ1n) is 29.3. The third-order valence-corrected chi connectivity index (χ3v) is 4.26. The molecule has 0 nitrogen and oxygen atoms in total. The molecular weight excluding hydrogens is 1480 g/mol. The molecule has 0 fully saturated rings. The molecule has 0 spiro atoms. The van der Waals surface area contributed by atoms with Gasteiger partial charge in [0.05, 0.1) is 0 Å². The fraction of sp³-hybridized carbons (Fsp3) is 0.532. The molecule has 5 rings (SSSR count). The average Bonchev–Trinajstić information content (AvgIpc) is 3.40. The van der Waals surface area contributed by atoms with Crippen LogP contribution < -0.4 is 0 Å². The Bertz CT molecular complexity index is 1450. The van der Waals surface area contributed by atoms with Crippen molar-refractivity contribution in [2.75, 3.05) is 0 Å². The van der Waals surface area contributed by atoms with Crippen LogP contribution in [0.2, 0.25) is 0 Å². The van der Waals surface area contributed by atoms with E-state index in [1.807, 2.05) is 196 Å². The standard InChI is InChI=1S/C10H8.2C8H6.C6H6.5C5H12.C4H4.8C2H6.3W/c1-2-6-10-8-4-3-7-9(10)5-1;2*1-2-8-6-4-3-5-7-8;1-2-4-6-5-3-1;5*1-5(2,3)4;1-3-4-2;8*1-2;;;/h1-8H;2*1-6H;1-6H;5*1-4H3;1-4H;8*1-2H3;;;/q;2*-2;;;;;;;-2;;;;;;;;;3*+2. The molecule has 0 aliphatic carbocycles. The van der Waals surface area contributed by atoms with E-state index in [0.29, 0.717) is 27.1 Å². The predicted molar refractivity (Wildman–Crippen MR) is 373 cm³/mol. The minimum Gasteiger partial charge on any atom is -0.394 e. The summed E-state index contributed by atoms with van der Waals surface area (Å²) in [4.78, 5) is 0. The van der Waals surface area contributed by atoms with Gasteiger partial charge in [0.25, 0.3) is 0 Å². The van der Waals surface area contributed by atoms with Crippen LogP contribution >= 0.6 is 0 Å². The van der Waals surface area contributed by atoms with Gasteiger partial charge in [0.1, 0.15) is 0 Å². The Labute approximate surface area is 553 Å². The molecule has 0 radical (unpaired) electrons. The van der Waals surface area contributed by atoms with Gasteiger partial charge in [-0.15, -0.1) is 12.1 Å². The fourth-order valence-corrected chi connectivity index (χ4v) is 2.54. The normalized spacial score (nSPS) is 8.15. The van der Waals surface area contributed by atoms with Crippen LogP contribution in [0, 0.1) is 65.5 Å². The number of allylic oxidation sites excluding steroid dienone is 2. The van der Waals surface area contributed by atoms with E-state index >= 15 is 0 Å². The fourth-order valence-electron chi connectivity index (χ4n) is 2.54. The van der Waals surface area contributed by atoms with E-state index in [4.69, 9.17) is 26.3 Å². The molecule has 0 aliphatic heterocycles. The summed E-state index contributed by atoms with van der Waals surface area (Å²) in [6.07, 6.45) is 5.61. The maximum Gasteiger partial charge on any atom is 2.00 e. The van der Waals surface area contributed by atoms with E-state index in [-0.39, 0.29) is 63.2 Å². The topological polar surface area (TPSA) is 0 Å². The van der Waals surface area contributed by atoms with E-state index in [1.54, 1.807) is 0 Å². The van der Waals surface area contributed by atoms with Crippen molar-refractivity contribution >= 4 is 22.9 Å². The molecule has 0 bridgehead atoms. The van der Waals surface area contributed by atoms with E-state index in [0.717, 1.165) is 11.1 Å². The molecule has 0 saturated heterocycles. The van der Waals surface area contributed by atoms with Gasteiger partial charge < -0.3 is 61.7 Å². The summed E-state index contributed by atoms with van der Waals surface area (Å²) >= 11 is 0. The van der Waals surface area contributed by atoms with Crippen LogP contribution in [0.15, 0.2) is 146 Å². The van der Waals surface area contributed by atoms with Crippen LogP contribution in [-0.2, 0) is 63.2 Å². The van der Waals surface area contributed by atoms with Crippen molar-refractivity contribution in [3.8, 4) is 0 Å². The third kappa shape index (κ3) is 232. The second kappa shape index (κ2) is 95.6. The van der Waals surface area contributed by atoms with Crippen molar-refractivity contribution in [1.29, 1.82) is 0 Å². The molecule has 0 unspecified atom stereocenters. The van der Waals surface area contributed by atoms with Crippen molar-refractivity contribution in [3.05, 3.63) is 195 Å². The average molecular weight is 1620 g/mol. The Morgan fingerprint density at radius 2 is 0.388 bits per heavy atom. The van der Waals surface area contributed by atoms with Gasteiger partial charge in [-0.25, -0.2) is 24.3 Å². The predicted octanol–water partition coefficient (Wildman–Crippen LogP) is 27.8. The molecule has 0 atom stereocenters. The monoisotopic (exact) mass is 1610 g/mol. The molecule has 0 saturated carbocycles. The minimum atomic E-state index is 0. The largest absolute Gasteiger partial charge is 2.00 e. The Balaban J connectivity index is -0.0000000397. The summed E-state index contributed by atoms with van der Waals surface area (Å²) in [6, 6.07) is 49.7. The van der Waals surface area contributed by atoms with Crippen molar-refractivity contribution in [2.24, 2.45) is 27.1 Å². The van der Waals surface area contributed by atoms with Crippen molar-refractivity contribution < 1.29 is 63.2 Å².